The van der Waals surface area contributed by atoms with Crippen molar-refractivity contribution in [3.8, 4) is 44.5 Å². The first kappa shape index (κ1) is 31.6. The van der Waals surface area contributed by atoms with Crippen molar-refractivity contribution in [2.24, 2.45) is 0 Å². The first-order valence-electron chi connectivity index (χ1n) is 18.4. The van der Waals surface area contributed by atoms with Gasteiger partial charge in [-0.25, -0.2) is 0 Å². The van der Waals surface area contributed by atoms with Crippen LogP contribution in [0.15, 0.2) is 217 Å². The number of benzene rings is 9. The van der Waals surface area contributed by atoms with E-state index in [-0.39, 0.29) is 0 Å². The van der Waals surface area contributed by atoms with Gasteiger partial charge in [0.25, 0.3) is 0 Å². The van der Waals surface area contributed by atoms with Crippen LogP contribution in [0.3, 0.4) is 0 Å². The van der Waals surface area contributed by atoms with Crippen molar-refractivity contribution >= 4 is 49.8 Å². The monoisotopic (exact) mass is 689 g/mol. The third-order valence-electron chi connectivity index (χ3n) is 10.4. The molecule has 0 radical (unpaired) electrons. The molecule has 0 saturated heterocycles. The van der Waals surface area contributed by atoms with Crippen molar-refractivity contribution in [1.29, 1.82) is 0 Å². The zero-order valence-electron chi connectivity index (χ0n) is 29.6. The summed E-state index contributed by atoms with van der Waals surface area (Å²) >= 11 is 0. The van der Waals surface area contributed by atoms with Crippen LogP contribution in [0.25, 0.3) is 77.2 Å². The standard InChI is InChI=1S/C52H35NO/c1-2-12-36(13-3-1)40-17-9-20-45(33-40)53(44-29-26-37(27-30-44)42-28-31-52-50(35-42)49-23-6-7-25-51(49)54-52)46-21-10-18-41(34-46)39-16-8-19-43(32-39)48-24-11-15-38-14-4-5-22-47(38)48/h1-35H. The molecule has 1 aromatic heterocycles. The molecule has 0 aliphatic heterocycles. The number of fused-ring (bicyclic) bond motifs is 4. The highest BCUT2D eigenvalue weighted by Crippen LogP contribution is 2.40. The molecule has 2 heteroatoms. The van der Waals surface area contributed by atoms with E-state index >= 15 is 0 Å². The van der Waals surface area contributed by atoms with Crippen molar-refractivity contribution in [1.82, 2.24) is 0 Å². The summed E-state index contributed by atoms with van der Waals surface area (Å²) in [5, 5.41) is 4.78. The molecule has 54 heavy (non-hydrogen) atoms. The van der Waals surface area contributed by atoms with E-state index in [0.29, 0.717) is 0 Å². The molecule has 9 aromatic carbocycles. The Labute approximate surface area is 314 Å². The Hall–Kier alpha value is -7.16. The van der Waals surface area contributed by atoms with Gasteiger partial charge in [-0.1, -0.05) is 152 Å². The molecule has 2 nitrogen and oxygen atoms in total. The summed E-state index contributed by atoms with van der Waals surface area (Å²) in [5.41, 5.74) is 14.6. The highest BCUT2D eigenvalue weighted by Gasteiger charge is 2.16. The van der Waals surface area contributed by atoms with Gasteiger partial charge in [0.15, 0.2) is 0 Å². The summed E-state index contributed by atoms with van der Waals surface area (Å²) in [6.07, 6.45) is 0. The van der Waals surface area contributed by atoms with Crippen LogP contribution < -0.4 is 4.90 Å². The van der Waals surface area contributed by atoms with Crippen LogP contribution in [0.2, 0.25) is 0 Å². The van der Waals surface area contributed by atoms with Gasteiger partial charge in [-0.15, -0.1) is 0 Å². The van der Waals surface area contributed by atoms with Crippen LogP contribution in [-0.2, 0) is 0 Å². The lowest BCUT2D eigenvalue weighted by atomic mass is 9.95. The third kappa shape index (κ3) is 5.81. The molecular weight excluding hydrogens is 655 g/mol. The average molecular weight is 690 g/mol. The van der Waals surface area contributed by atoms with Gasteiger partial charge in [0.05, 0.1) is 0 Å². The van der Waals surface area contributed by atoms with E-state index in [2.05, 4.69) is 205 Å². The molecule has 254 valence electrons. The molecule has 0 saturated carbocycles. The molecule has 0 spiro atoms. The van der Waals surface area contributed by atoms with Gasteiger partial charge in [0.2, 0.25) is 0 Å². The summed E-state index contributed by atoms with van der Waals surface area (Å²) in [5.74, 6) is 0. The van der Waals surface area contributed by atoms with Gasteiger partial charge < -0.3 is 9.32 Å². The summed E-state index contributed by atoms with van der Waals surface area (Å²) in [7, 11) is 0. The number of hydrogen-bond donors (Lipinski definition) is 0. The van der Waals surface area contributed by atoms with Crippen LogP contribution >= 0.6 is 0 Å². The maximum absolute atomic E-state index is 6.11. The first-order chi connectivity index (χ1) is 26.7. The highest BCUT2D eigenvalue weighted by molar-refractivity contribution is 6.06. The molecular formula is C52H35NO. The van der Waals surface area contributed by atoms with Gasteiger partial charge >= 0.3 is 0 Å². The van der Waals surface area contributed by atoms with Crippen molar-refractivity contribution in [3.05, 3.63) is 212 Å². The lowest BCUT2D eigenvalue weighted by Gasteiger charge is -2.27. The maximum Gasteiger partial charge on any atom is 0.135 e. The summed E-state index contributed by atoms with van der Waals surface area (Å²) < 4.78 is 6.11. The van der Waals surface area contributed by atoms with Crippen LogP contribution in [0, 0.1) is 0 Å². The molecule has 0 atom stereocenters. The minimum Gasteiger partial charge on any atom is -0.456 e. The highest BCUT2D eigenvalue weighted by atomic mass is 16.3. The van der Waals surface area contributed by atoms with E-state index in [1.54, 1.807) is 0 Å². The van der Waals surface area contributed by atoms with Crippen molar-refractivity contribution < 1.29 is 4.42 Å². The Morgan fingerprint density at radius 2 is 0.796 bits per heavy atom. The van der Waals surface area contributed by atoms with Crippen molar-refractivity contribution in [2.75, 3.05) is 4.90 Å². The second-order valence-electron chi connectivity index (χ2n) is 13.8. The lowest BCUT2D eigenvalue weighted by Crippen LogP contribution is -2.10. The van der Waals surface area contributed by atoms with Gasteiger partial charge in [-0.05, 0) is 116 Å². The fourth-order valence-electron chi connectivity index (χ4n) is 7.78. The Balaban J connectivity index is 1.06. The Bertz CT molecular complexity index is 2930. The van der Waals surface area contributed by atoms with Gasteiger partial charge in [0, 0.05) is 27.8 Å². The van der Waals surface area contributed by atoms with Crippen molar-refractivity contribution in [3.63, 3.8) is 0 Å². The number of nitrogens with zero attached hydrogens (tertiary/aromatic N) is 1. The smallest absolute Gasteiger partial charge is 0.135 e. The van der Waals surface area contributed by atoms with Gasteiger partial charge in [-0.2, -0.15) is 0 Å². The average Bonchev–Trinajstić information content (AvgIpc) is 3.62. The molecule has 0 N–H and O–H groups in total. The zero-order valence-corrected chi connectivity index (χ0v) is 29.6. The van der Waals surface area contributed by atoms with Gasteiger partial charge in [-0.3, -0.25) is 0 Å². The second kappa shape index (κ2) is 13.4. The van der Waals surface area contributed by atoms with Crippen LogP contribution in [0.5, 0.6) is 0 Å². The predicted octanol–water partition coefficient (Wildman–Crippen LogP) is 14.9. The predicted molar refractivity (Wildman–Crippen MR) is 228 cm³/mol. The third-order valence-corrected chi connectivity index (χ3v) is 10.4. The number of anilines is 3. The summed E-state index contributed by atoms with van der Waals surface area (Å²) in [6.45, 7) is 0. The number of hydrogen-bond acceptors (Lipinski definition) is 2. The minimum absolute atomic E-state index is 0.906. The van der Waals surface area contributed by atoms with Crippen LogP contribution in [0.1, 0.15) is 0 Å². The topological polar surface area (TPSA) is 16.4 Å². The molecule has 0 aliphatic carbocycles. The van der Waals surface area contributed by atoms with E-state index < -0.39 is 0 Å². The van der Waals surface area contributed by atoms with E-state index in [1.807, 2.05) is 12.1 Å². The molecule has 1 heterocycles. The molecule has 10 aromatic rings. The summed E-state index contributed by atoms with van der Waals surface area (Å²) in [4.78, 5) is 2.36. The van der Waals surface area contributed by atoms with Gasteiger partial charge in [0.1, 0.15) is 11.2 Å². The normalized spacial score (nSPS) is 11.3. The lowest BCUT2D eigenvalue weighted by molar-refractivity contribution is 0.669. The molecule has 10 rings (SSSR count). The fraction of sp³-hybridized carbons (Fsp3) is 0. The zero-order chi connectivity index (χ0) is 35.8. The van der Waals surface area contributed by atoms with Crippen LogP contribution in [-0.4, -0.2) is 0 Å². The van der Waals surface area contributed by atoms with E-state index in [0.717, 1.165) is 55.7 Å². The van der Waals surface area contributed by atoms with Crippen molar-refractivity contribution in [2.45, 2.75) is 0 Å². The SMILES string of the molecule is c1ccc(-c2cccc(N(c3ccc(-c4ccc5oc6ccccc6c5c4)cc3)c3cccc(-c4cccc(-c5cccc6ccccc56)c4)c3)c2)cc1. The Kier molecular flexibility index (Phi) is 7.85. The van der Waals surface area contributed by atoms with E-state index in [1.165, 1.54) is 38.6 Å². The minimum atomic E-state index is 0.906. The molecule has 0 bridgehead atoms. The first-order valence-corrected chi connectivity index (χ1v) is 18.4. The Morgan fingerprint density at radius 1 is 0.278 bits per heavy atom. The molecule has 0 unspecified atom stereocenters. The molecule has 0 fully saturated rings. The quantitative estimate of drug-likeness (QED) is 0.166. The number of furan rings is 1. The number of para-hydroxylation sites is 1. The largest absolute Gasteiger partial charge is 0.456 e. The van der Waals surface area contributed by atoms with E-state index in [4.69, 9.17) is 4.42 Å². The fourth-order valence-corrected chi connectivity index (χ4v) is 7.78. The number of rotatable bonds is 7. The molecule has 0 aliphatic rings. The summed E-state index contributed by atoms with van der Waals surface area (Å²) in [6, 6.07) is 76.0. The molecule has 0 amide bonds. The van der Waals surface area contributed by atoms with Crippen LogP contribution in [0.4, 0.5) is 17.1 Å². The Morgan fingerprint density at radius 3 is 1.59 bits per heavy atom. The maximum atomic E-state index is 6.11. The second-order valence-corrected chi connectivity index (χ2v) is 13.8. The van der Waals surface area contributed by atoms with E-state index in [9.17, 15) is 0 Å².